The van der Waals surface area contributed by atoms with E-state index in [-0.39, 0.29) is 13.2 Å². The molecule has 4 saturated heterocycles. The zero-order valence-corrected chi connectivity index (χ0v) is 22.4. The van der Waals surface area contributed by atoms with Crippen molar-refractivity contribution in [3.63, 3.8) is 0 Å². The molecule has 11 atom stereocenters. The third kappa shape index (κ3) is 6.41. The number of ether oxygens (including phenoxy) is 8. The Kier molecular flexibility index (Phi) is 10.1. The second-order valence-corrected chi connectivity index (χ2v) is 10.3. The van der Waals surface area contributed by atoms with E-state index in [2.05, 4.69) is 23.9 Å². The molecule has 1 N–H and O–H groups in total. The molecule has 4 unspecified atom stereocenters. The first kappa shape index (κ1) is 28.7. The lowest BCUT2D eigenvalue weighted by atomic mass is 9.96. The van der Waals surface area contributed by atoms with E-state index in [9.17, 15) is 5.11 Å². The number of hydrogen-bond donors (Lipinski definition) is 1. The summed E-state index contributed by atoms with van der Waals surface area (Å²) >= 11 is 0. The Bertz CT molecular complexity index is 952. The Morgan fingerprint density at radius 1 is 0.923 bits per heavy atom. The summed E-state index contributed by atoms with van der Waals surface area (Å²) in [5, 5.41) is 14.8. The Balaban J connectivity index is 1.39. The predicted octanol–water partition coefficient (Wildman–Crippen LogP) is 3.38. The number of nitrogens with zero attached hydrogens (tertiary/aromatic N) is 3. The Morgan fingerprint density at radius 3 is 2.36 bits per heavy atom. The minimum absolute atomic E-state index is 0.200. The lowest BCUT2D eigenvalue weighted by Gasteiger charge is -2.50. The van der Waals surface area contributed by atoms with Crippen molar-refractivity contribution in [1.29, 1.82) is 0 Å². The molecule has 0 saturated carbocycles. The summed E-state index contributed by atoms with van der Waals surface area (Å²) < 4.78 is 49.6. The molecular weight excluding hydrogens is 510 g/mol. The standard InChI is InChI=1S/C27H39N3O9/c1-3-5-12-32-23-22-18(15-34-25(39-22)16-10-8-7-9-11-16)37-27(24(23)33-13-6-4-2)38-21-17-14-35-26(36-17)19(20(21)31)29-30-28/h7-11,17-27,31H,3-6,12-15H2,1-2H3/t17?,18-,19-,20?,21+,22+,23?,24-,25?,26+,27-/m0/s1. The van der Waals surface area contributed by atoms with Crippen molar-refractivity contribution < 1.29 is 43.0 Å². The van der Waals surface area contributed by atoms with Crippen LogP contribution in [0.2, 0.25) is 0 Å². The monoisotopic (exact) mass is 549 g/mol. The van der Waals surface area contributed by atoms with Crippen molar-refractivity contribution in [2.24, 2.45) is 5.11 Å². The Morgan fingerprint density at radius 2 is 1.64 bits per heavy atom. The molecule has 12 nitrogen and oxygen atoms in total. The van der Waals surface area contributed by atoms with Gasteiger partial charge >= 0.3 is 0 Å². The van der Waals surface area contributed by atoms with E-state index in [0.717, 1.165) is 31.2 Å². The van der Waals surface area contributed by atoms with E-state index in [1.807, 2.05) is 30.3 Å². The van der Waals surface area contributed by atoms with Gasteiger partial charge < -0.3 is 43.0 Å². The van der Waals surface area contributed by atoms with Crippen LogP contribution >= 0.6 is 0 Å². The molecule has 216 valence electrons. The van der Waals surface area contributed by atoms with Crippen LogP contribution in [0.25, 0.3) is 10.4 Å². The first-order valence-electron chi connectivity index (χ1n) is 14.0. The molecule has 4 heterocycles. The number of fused-ring (bicyclic) bond motifs is 3. The third-order valence-corrected chi connectivity index (χ3v) is 7.51. The van der Waals surface area contributed by atoms with Gasteiger partial charge in [-0.2, -0.15) is 0 Å². The van der Waals surface area contributed by atoms with Crippen LogP contribution in [0.5, 0.6) is 0 Å². The highest BCUT2D eigenvalue weighted by Crippen LogP contribution is 2.39. The van der Waals surface area contributed by atoms with Crippen LogP contribution in [-0.2, 0) is 37.9 Å². The molecule has 4 aliphatic heterocycles. The van der Waals surface area contributed by atoms with Crippen LogP contribution in [0.15, 0.2) is 35.4 Å². The van der Waals surface area contributed by atoms with Gasteiger partial charge in [0.05, 0.1) is 19.3 Å². The normalized spacial score (nSPS) is 39.6. The van der Waals surface area contributed by atoms with Gasteiger partial charge in [0, 0.05) is 23.7 Å². The molecule has 0 spiro atoms. The number of unbranched alkanes of at least 4 members (excludes halogenated alkanes) is 2. The molecule has 12 heteroatoms. The number of rotatable bonds is 12. The maximum atomic E-state index is 11.1. The zero-order chi connectivity index (χ0) is 27.2. The highest BCUT2D eigenvalue weighted by atomic mass is 16.8. The fourth-order valence-electron chi connectivity index (χ4n) is 5.40. The van der Waals surface area contributed by atoms with Gasteiger partial charge in [-0.15, -0.1) is 0 Å². The summed E-state index contributed by atoms with van der Waals surface area (Å²) in [6.07, 6.45) is -3.29. The van der Waals surface area contributed by atoms with E-state index in [0.29, 0.717) is 13.2 Å². The Labute approximate surface area is 228 Å². The van der Waals surface area contributed by atoms with Gasteiger partial charge in [-0.05, 0) is 18.4 Å². The van der Waals surface area contributed by atoms with Crippen molar-refractivity contribution in [2.45, 2.75) is 107 Å². The van der Waals surface area contributed by atoms with E-state index < -0.39 is 67.6 Å². The molecule has 4 fully saturated rings. The molecule has 2 bridgehead atoms. The van der Waals surface area contributed by atoms with Crippen molar-refractivity contribution in [2.75, 3.05) is 26.4 Å². The molecule has 0 radical (unpaired) electrons. The first-order chi connectivity index (χ1) is 19.1. The van der Waals surface area contributed by atoms with Gasteiger partial charge in [-0.25, -0.2) is 0 Å². The quantitative estimate of drug-likeness (QED) is 0.180. The topological polar surface area (TPSA) is 143 Å². The predicted molar refractivity (Wildman–Crippen MR) is 136 cm³/mol. The maximum Gasteiger partial charge on any atom is 0.187 e. The van der Waals surface area contributed by atoms with Crippen LogP contribution in [0, 0.1) is 0 Å². The average molecular weight is 550 g/mol. The van der Waals surface area contributed by atoms with Crippen molar-refractivity contribution >= 4 is 0 Å². The van der Waals surface area contributed by atoms with E-state index >= 15 is 0 Å². The minimum Gasteiger partial charge on any atom is -0.390 e. The molecular formula is C27H39N3O9. The molecule has 0 aromatic heterocycles. The van der Waals surface area contributed by atoms with Gasteiger partial charge in [-0.1, -0.05) is 62.1 Å². The fourth-order valence-corrected chi connectivity index (χ4v) is 5.40. The number of hydrogen-bond acceptors (Lipinski definition) is 10. The molecule has 4 aliphatic rings. The van der Waals surface area contributed by atoms with Crippen LogP contribution in [0.4, 0.5) is 0 Å². The summed E-state index contributed by atoms with van der Waals surface area (Å²) in [7, 11) is 0. The van der Waals surface area contributed by atoms with Gasteiger partial charge in [0.15, 0.2) is 18.9 Å². The number of aliphatic hydroxyl groups is 1. The zero-order valence-electron chi connectivity index (χ0n) is 22.4. The lowest BCUT2D eigenvalue weighted by molar-refractivity contribution is -0.382. The average Bonchev–Trinajstić information content (AvgIpc) is 3.40. The maximum absolute atomic E-state index is 11.1. The third-order valence-electron chi connectivity index (χ3n) is 7.51. The van der Waals surface area contributed by atoms with Gasteiger partial charge in [0.1, 0.15) is 42.7 Å². The number of benzene rings is 1. The van der Waals surface area contributed by atoms with E-state index in [1.54, 1.807) is 0 Å². The lowest BCUT2D eigenvalue weighted by Crippen LogP contribution is -2.65. The van der Waals surface area contributed by atoms with Crippen LogP contribution in [-0.4, -0.2) is 92.9 Å². The molecule has 39 heavy (non-hydrogen) atoms. The van der Waals surface area contributed by atoms with Gasteiger partial charge in [0.25, 0.3) is 0 Å². The Hall–Kier alpha value is -1.83. The summed E-state index contributed by atoms with van der Waals surface area (Å²) in [4.78, 5) is 2.85. The summed E-state index contributed by atoms with van der Waals surface area (Å²) in [6, 6.07) is 8.82. The minimum atomic E-state index is -1.15. The second-order valence-electron chi connectivity index (χ2n) is 10.3. The number of azide groups is 1. The van der Waals surface area contributed by atoms with Crippen molar-refractivity contribution in [3.8, 4) is 0 Å². The summed E-state index contributed by atoms with van der Waals surface area (Å²) in [6.45, 7) is 5.67. The van der Waals surface area contributed by atoms with Crippen LogP contribution in [0.1, 0.15) is 51.4 Å². The van der Waals surface area contributed by atoms with E-state index in [4.69, 9.17) is 43.4 Å². The molecule has 0 aliphatic carbocycles. The highest BCUT2D eigenvalue weighted by Gasteiger charge is 2.56. The number of aliphatic hydroxyl groups excluding tert-OH is 1. The second kappa shape index (κ2) is 13.7. The van der Waals surface area contributed by atoms with Gasteiger partial charge in [0.2, 0.25) is 0 Å². The molecule has 1 aromatic rings. The highest BCUT2D eigenvalue weighted by molar-refractivity contribution is 5.16. The fraction of sp³-hybridized carbons (Fsp3) is 0.778. The molecule has 1 aromatic carbocycles. The first-order valence-corrected chi connectivity index (χ1v) is 14.0. The molecule has 0 amide bonds. The van der Waals surface area contributed by atoms with Crippen molar-refractivity contribution in [1.82, 2.24) is 0 Å². The smallest absolute Gasteiger partial charge is 0.187 e. The largest absolute Gasteiger partial charge is 0.390 e. The summed E-state index contributed by atoms with van der Waals surface area (Å²) in [5.74, 6) is 0. The van der Waals surface area contributed by atoms with E-state index in [1.165, 1.54) is 0 Å². The van der Waals surface area contributed by atoms with Gasteiger partial charge in [-0.3, -0.25) is 0 Å². The van der Waals surface area contributed by atoms with Crippen LogP contribution in [0.3, 0.4) is 0 Å². The molecule has 5 rings (SSSR count). The van der Waals surface area contributed by atoms with Crippen molar-refractivity contribution in [3.05, 3.63) is 46.3 Å². The summed E-state index contributed by atoms with van der Waals surface area (Å²) in [5.41, 5.74) is 9.92. The SMILES string of the molecule is CCCCOC1[C@H](OCCCC)[C@H](O[C@@H]2C3CO[C@H](O3)[C@@H](N=[N+]=[N-])C2O)O[C@H]2COC(c3ccccc3)O[C@@H]12. The van der Waals surface area contributed by atoms with Crippen LogP contribution < -0.4 is 0 Å².